The topological polar surface area (TPSA) is 96.4 Å². The van der Waals surface area contributed by atoms with Gasteiger partial charge in [-0.15, -0.1) is 0 Å². The van der Waals surface area contributed by atoms with Gasteiger partial charge in [0.05, 0.1) is 31.3 Å². The van der Waals surface area contributed by atoms with E-state index in [0.29, 0.717) is 13.2 Å². The van der Waals surface area contributed by atoms with Gasteiger partial charge in [0.2, 0.25) is 11.8 Å². The fourth-order valence-electron chi connectivity index (χ4n) is 7.27. The molecule has 4 rings (SSSR count). The number of ether oxygens (including phenoxy) is 2. The van der Waals surface area contributed by atoms with Crippen molar-refractivity contribution in [2.45, 2.75) is 103 Å². The third-order valence-corrected chi connectivity index (χ3v) is 8.55. The summed E-state index contributed by atoms with van der Waals surface area (Å²) in [6.07, 6.45) is 10.2. The predicted molar refractivity (Wildman–Crippen MR) is 144 cm³/mol. The summed E-state index contributed by atoms with van der Waals surface area (Å²) in [4.78, 5) is 45.8. The molecule has 0 aromatic rings. The fraction of sp³-hybridized carbons (Fsp3) is 0.767. The standard InChI is InChI=1S/C30H46N2O6/c1-19(2)20(17-33)32-24-26(35)31(29(6,7)18-28(3,4)5)15-12-14-30(24)23(25(32)34)22-21(38-30)13-10-8-9-11-16-37-27(22)36/h10,12-14,19-24,33H,8-9,11,15-18H2,1-7H3/b13-10-/t20-,21-,22+,23-,24?,30-/m0/s1. The molecule has 8 nitrogen and oxygen atoms in total. The number of carbonyl (C=O) groups is 3. The first kappa shape index (κ1) is 28.8. The predicted octanol–water partition coefficient (Wildman–Crippen LogP) is 3.48. The first-order valence-corrected chi connectivity index (χ1v) is 14.2. The molecule has 2 saturated heterocycles. The number of esters is 1. The van der Waals surface area contributed by atoms with E-state index in [1.807, 2.05) is 43.1 Å². The van der Waals surface area contributed by atoms with Crippen LogP contribution in [0.15, 0.2) is 24.3 Å². The van der Waals surface area contributed by atoms with Gasteiger partial charge < -0.3 is 24.4 Å². The number of amides is 2. The van der Waals surface area contributed by atoms with E-state index in [0.717, 1.165) is 25.7 Å². The molecule has 0 saturated carbocycles. The van der Waals surface area contributed by atoms with Crippen LogP contribution in [-0.2, 0) is 23.9 Å². The summed E-state index contributed by atoms with van der Waals surface area (Å²) in [6.45, 7) is 14.8. The Hall–Kier alpha value is -2.19. The largest absolute Gasteiger partial charge is 0.465 e. The quantitative estimate of drug-likeness (QED) is 0.432. The average Bonchev–Trinajstić information content (AvgIpc) is 3.17. The van der Waals surface area contributed by atoms with E-state index in [-0.39, 0.29) is 29.8 Å². The monoisotopic (exact) mass is 530 g/mol. The maximum atomic E-state index is 14.6. The summed E-state index contributed by atoms with van der Waals surface area (Å²) in [5.41, 5.74) is -1.85. The molecule has 1 spiro atoms. The minimum absolute atomic E-state index is 0.0301. The molecule has 1 unspecified atom stereocenters. The number of nitrogens with zero attached hydrogens (tertiary/aromatic N) is 2. The van der Waals surface area contributed by atoms with Crippen molar-refractivity contribution in [1.29, 1.82) is 0 Å². The normalized spacial score (nSPS) is 34.0. The average molecular weight is 531 g/mol. The van der Waals surface area contributed by atoms with Crippen molar-refractivity contribution in [2.75, 3.05) is 19.8 Å². The first-order chi connectivity index (χ1) is 17.7. The van der Waals surface area contributed by atoms with Crippen LogP contribution in [0.25, 0.3) is 0 Å². The highest BCUT2D eigenvalue weighted by Crippen LogP contribution is 2.54. The molecule has 4 aliphatic heterocycles. The number of hydrogen-bond donors (Lipinski definition) is 1. The summed E-state index contributed by atoms with van der Waals surface area (Å²) in [7, 11) is 0. The van der Waals surface area contributed by atoms with Crippen LogP contribution in [0.5, 0.6) is 0 Å². The second kappa shape index (κ2) is 10.4. The number of carbonyl (C=O) groups excluding carboxylic acids is 3. The molecule has 0 aromatic carbocycles. The Morgan fingerprint density at radius 1 is 1.08 bits per heavy atom. The Morgan fingerprint density at radius 2 is 1.79 bits per heavy atom. The van der Waals surface area contributed by atoms with E-state index in [4.69, 9.17) is 9.47 Å². The number of aliphatic hydroxyl groups excluding tert-OH is 1. The lowest BCUT2D eigenvalue weighted by Gasteiger charge is -2.45. The summed E-state index contributed by atoms with van der Waals surface area (Å²) in [6, 6.07) is -1.58. The summed E-state index contributed by atoms with van der Waals surface area (Å²) in [5, 5.41) is 10.4. The minimum Gasteiger partial charge on any atom is -0.465 e. The zero-order valence-corrected chi connectivity index (χ0v) is 24.1. The molecular formula is C30H46N2O6. The number of rotatable bonds is 5. The first-order valence-electron chi connectivity index (χ1n) is 14.2. The van der Waals surface area contributed by atoms with Gasteiger partial charge >= 0.3 is 5.97 Å². The SMILES string of the molecule is CC(C)[C@H](CO)N1C(=O)[C@@H]2[C@@H]3C(=O)OCCCC/C=C\[C@@H]3O[C@@]23C=CCN(C(C)(C)CC(C)(C)C)C(=O)C13. The van der Waals surface area contributed by atoms with Gasteiger partial charge in [-0.2, -0.15) is 0 Å². The zero-order valence-electron chi connectivity index (χ0n) is 24.1. The number of likely N-dealkylation sites (tertiary alicyclic amines) is 1. The Bertz CT molecular complexity index is 995. The molecule has 2 amide bonds. The number of allylic oxidation sites excluding steroid dienone is 1. The molecule has 0 aromatic heterocycles. The van der Waals surface area contributed by atoms with Crippen molar-refractivity contribution in [1.82, 2.24) is 9.80 Å². The number of cyclic esters (lactones) is 1. The molecule has 38 heavy (non-hydrogen) atoms. The Labute approximate surface area is 227 Å². The molecule has 8 heteroatoms. The van der Waals surface area contributed by atoms with Crippen molar-refractivity contribution in [3.05, 3.63) is 24.3 Å². The third-order valence-electron chi connectivity index (χ3n) is 8.55. The highest BCUT2D eigenvalue weighted by Gasteiger charge is 2.73. The lowest BCUT2D eigenvalue weighted by molar-refractivity contribution is -0.158. The molecular weight excluding hydrogens is 484 g/mol. The third kappa shape index (κ3) is 4.94. The van der Waals surface area contributed by atoms with Crippen LogP contribution in [0.2, 0.25) is 0 Å². The molecule has 6 atom stereocenters. The Kier molecular flexibility index (Phi) is 7.90. The van der Waals surface area contributed by atoms with Crippen molar-refractivity contribution >= 4 is 17.8 Å². The number of hydrogen-bond acceptors (Lipinski definition) is 6. The highest BCUT2D eigenvalue weighted by atomic mass is 16.6. The maximum absolute atomic E-state index is 14.6. The van der Waals surface area contributed by atoms with Gasteiger partial charge in [-0.05, 0) is 50.9 Å². The molecule has 2 fully saturated rings. The van der Waals surface area contributed by atoms with Crippen molar-refractivity contribution in [3.63, 3.8) is 0 Å². The molecule has 1 N–H and O–H groups in total. The van der Waals surface area contributed by atoms with Crippen LogP contribution in [-0.4, -0.2) is 81.8 Å². The lowest BCUT2D eigenvalue weighted by atomic mass is 9.77. The van der Waals surface area contributed by atoms with E-state index in [1.54, 1.807) is 4.90 Å². The van der Waals surface area contributed by atoms with Crippen LogP contribution in [0, 0.1) is 23.2 Å². The van der Waals surface area contributed by atoms with E-state index in [1.165, 1.54) is 0 Å². The number of fused-ring (bicyclic) bond motifs is 2. The zero-order chi connectivity index (χ0) is 28.0. The van der Waals surface area contributed by atoms with Crippen molar-refractivity contribution in [3.8, 4) is 0 Å². The van der Waals surface area contributed by atoms with Crippen LogP contribution in [0.1, 0.15) is 74.1 Å². The molecule has 4 aliphatic rings. The smallest absolute Gasteiger partial charge is 0.312 e. The van der Waals surface area contributed by atoms with E-state index < -0.39 is 47.1 Å². The van der Waals surface area contributed by atoms with Gasteiger partial charge in [-0.3, -0.25) is 14.4 Å². The van der Waals surface area contributed by atoms with Gasteiger partial charge in [0.25, 0.3) is 0 Å². The van der Waals surface area contributed by atoms with Crippen LogP contribution in [0.3, 0.4) is 0 Å². The minimum atomic E-state index is -1.32. The Morgan fingerprint density at radius 3 is 2.42 bits per heavy atom. The van der Waals surface area contributed by atoms with Crippen LogP contribution >= 0.6 is 0 Å². The van der Waals surface area contributed by atoms with E-state index >= 15 is 0 Å². The molecule has 212 valence electrons. The summed E-state index contributed by atoms with van der Waals surface area (Å²) in [5.74, 6) is -2.87. The van der Waals surface area contributed by atoms with Crippen molar-refractivity contribution < 1.29 is 29.0 Å². The van der Waals surface area contributed by atoms with Gasteiger partial charge in [-0.1, -0.05) is 58.9 Å². The molecule has 4 heterocycles. The lowest BCUT2D eigenvalue weighted by Crippen LogP contribution is -2.62. The van der Waals surface area contributed by atoms with Gasteiger partial charge in [0, 0.05) is 12.1 Å². The molecule has 0 aliphatic carbocycles. The van der Waals surface area contributed by atoms with Gasteiger partial charge in [0.15, 0.2) is 0 Å². The number of aliphatic hydroxyl groups is 1. The van der Waals surface area contributed by atoms with Crippen LogP contribution < -0.4 is 0 Å². The highest BCUT2D eigenvalue weighted by molar-refractivity contribution is 5.99. The van der Waals surface area contributed by atoms with Crippen LogP contribution in [0.4, 0.5) is 0 Å². The van der Waals surface area contributed by atoms with Gasteiger partial charge in [-0.25, -0.2) is 0 Å². The summed E-state index contributed by atoms with van der Waals surface area (Å²) >= 11 is 0. The van der Waals surface area contributed by atoms with Gasteiger partial charge in [0.1, 0.15) is 17.6 Å². The Balaban J connectivity index is 1.86. The molecule has 0 radical (unpaired) electrons. The molecule has 0 bridgehead atoms. The van der Waals surface area contributed by atoms with E-state index in [9.17, 15) is 19.5 Å². The van der Waals surface area contributed by atoms with Crippen molar-refractivity contribution in [2.24, 2.45) is 23.2 Å². The maximum Gasteiger partial charge on any atom is 0.312 e. The summed E-state index contributed by atoms with van der Waals surface area (Å²) < 4.78 is 12.3. The fourth-order valence-corrected chi connectivity index (χ4v) is 7.27. The van der Waals surface area contributed by atoms with E-state index in [2.05, 4.69) is 34.6 Å². The second-order valence-electron chi connectivity index (χ2n) is 13.6. The second-order valence-corrected chi connectivity index (χ2v) is 13.6.